The summed E-state index contributed by atoms with van der Waals surface area (Å²) in [5, 5.41) is 3.65. The fraction of sp³-hybridized carbons (Fsp3) is 0.500. The van der Waals surface area contributed by atoms with Crippen LogP contribution in [-0.2, 0) is 0 Å². The lowest BCUT2D eigenvalue weighted by molar-refractivity contribution is 0.386. The second-order valence-corrected chi connectivity index (χ2v) is 5.24. The van der Waals surface area contributed by atoms with Crippen molar-refractivity contribution in [1.29, 1.82) is 0 Å². The Labute approximate surface area is 97.8 Å². The predicted octanol–water partition coefficient (Wildman–Crippen LogP) is 4.01. The average molecular weight is 216 g/mol. The predicted molar refractivity (Wildman–Crippen MR) is 70.7 cm³/mol. The number of benzene rings is 1. The molecule has 2 heteroatoms. The molecule has 1 heterocycles. The van der Waals surface area contributed by atoms with Crippen molar-refractivity contribution in [2.24, 2.45) is 10.9 Å². The van der Waals surface area contributed by atoms with Gasteiger partial charge in [-0.1, -0.05) is 26.0 Å². The Morgan fingerprint density at radius 3 is 2.69 bits per heavy atom. The molecule has 0 saturated carbocycles. The van der Waals surface area contributed by atoms with Crippen LogP contribution < -0.4 is 5.32 Å². The van der Waals surface area contributed by atoms with Crippen LogP contribution in [0.3, 0.4) is 0 Å². The van der Waals surface area contributed by atoms with E-state index in [1.165, 1.54) is 5.71 Å². The van der Waals surface area contributed by atoms with E-state index in [0.717, 1.165) is 17.8 Å². The van der Waals surface area contributed by atoms with Crippen LogP contribution in [0.25, 0.3) is 0 Å². The molecule has 0 bridgehead atoms. The van der Waals surface area contributed by atoms with E-state index in [2.05, 4.69) is 56.2 Å². The quantitative estimate of drug-likeness (QED) is 0.753. The van der Waals surface area contributed by atoms with Gasteiger partial charge in [-0.05, 0) is 31.9 Å². The summed E-state index contributed by atoms with van der Waals surface area (Å²) in [6, 6.07) is 8.27. The van der Waals surface area contributed by atoms with E-state index < -0.39 is 0 Å². The molecule has 0 saturated heterocycles. The molecular formula is C14H20N2. The maximum Gasteiger partial charge on any atom is 0.0860 e. The summed E-state index contributed by atoms with van der Waals surface area (Å²) in [5.74, 6) is 0.573. The van der Waals surface area contributed by atoms with Crippen molar-refractivity contribution in [2.45, 2.75) is 39.7 Å². The van der Waals surface area contributed by atoms with Gasteiger partial charge in [0.25, 0.3) is 0 Å². The Morgan fingerprint density at radius 2 is 2.00 bits per heavy atom. The Bertz CT molecular complexity index is 420. The lowest BCUT2D eigenvalue weighted by Gasteiger charge is -2.34. The fourth-order valence-corrected chi connectivity index (χ4v) is 2.15. The monoisotopic (exact) mass is 216 g/mol. The van der Waals surface area contributed by atoms with Gasteiger partial charge in [0.05, 0.1) is 11.4 Å². The smallest absolute Gasteiger partial charge is 0.0860 e. The molecular weight excluding hydrogens is 196 g/mol. The van der Waals surface area contributed by atoms with Gasteiger partial charge in [0.15, 0.2) is 0 Å². The second kappa shape index (κ2) is 3.93. The highest BCUT2D eigenvalue weighted by molar-refractivity contribution is 5.89. The van der Waals surface area contributed by atoms with E-state index in [-0.39, 0.29) is 5.54 Å². The van der Waals surface area contributed by atoms with Crippen molar-refractivity contribution < 1.29 is 0 Å². The van der Waals surface area contributed by atoms with Crippen molar-refractivity contribution in [1.82, 2.24) is 0 Å². The summed E-state index contributed by atoms with van der Waals surface area (Å²) >= 11 is 0. The number of nitrogens with one attached hydrogen (secondary N) is 1. The minimum absolute atomic E-state index is 0.0974. The molecule has 1 N–H and O–H groups in total. The van der Waals surface area contributed by atoms with E-state index in [4.69, 9.17) is 0 Å². The van der Waals surface area contributed by atoms with E-state index in [1.807, 2.05) is 6.07 Å². The molecule has 2 rings (SSSR count). The van der Waals surface area contributed by atoms with Gasteiger partial charge >= 0.3 is 0 Å². The summed E-state index contributed by atoms with van der Waals surface area (Å²) in [6.07, 6.45) is 0.999. The molecule has 1 aromatic rings. The third-order valence-corrected chi connectivity index (χ3v) is 3.53. The summed E-state index contributed by atoms with van der Waals surface area (Å²) in [6.45, 7) is 8.91. The molecule has 86 valence electrons. The molecule has 0 radical (unpaired) electrons. The van der Waals surface area contributed by atoms with E-state index in [9.17, 15) is 0 Å². The maximum absolute atomic E-state index is 4.67. The molecule has 1 aliphatic heterocycles. The molecule has 0 aromatic heterocycles. The highest BCUT2D eigenvalue weighted by Crippen LogP contribution is 2.35. The molecule has 2 nitrogen and oxygen atoms in total. The Kier molecular flexibility index (Phi) is 2.75. The zero-order valence-electron chi connectivity index (χ0n) is 10.5. The van der Waals surface area contributed by atoms with Crippen LogP contribution in [0.15, 0.2) is 29.3 Å². The first kappa shape index (κ1) is 11.2. The fourth-order valence-electron chi connectivity index (χ4n) is 2.15. The number of anilines is 1. The van der Waals surface area contributed by atoms with E-state index in [1.54, 1.807) is 0 Å². The number of para-hydroxylation sites is 2. The van der Waals surface area contributed by atoms with Crippen molar-refractivity contribution in [3.05, 3.63) is 24.3 Å². The summed E-state index contributed by atoms with van der Waals surface area (Å²) in [7, 11) is 0. The highest BCUT2D eigenvalue weighted by atomic mass is 15.0. The topological polar surface area (TPSA) is 24.4 Å². The minimum Gasteiger partial charge on any atom is -0.378 e. The second-order valence-electron chi connectivity index (χ2n) is 5.24. The van der Waals surface area contributed by atoms with Gasteiger partial charge in [-0.15, -0.1) is 0 Å². The van der Waals surface area contributed by atoms with Gasteiger partial charge in [-0.2, -0.15) is 0 Å². The number of aliphatic imine (C=N–C) groups is 1. The highest BCUT2D eigenvalue weighted by Gasteiger charge is 2.31. The van der Waals surface area contributed by atoms with Crippen LogP contribution in [-0.4, -0.2) is 11.3 Å². The molecule has 1 unspecified atom stereocenters. The van der Waals surface area contributed by atoms with Crippen molar-refractivity contribution in [2.75, 3.05) is 5.32 Å². The number of rotatable bonds is 1. The summed E-state index contributed by atoms with van der Waals surface area (Å²) < 4.78 is 0. The lowest BCUT2D eigenvalue weighted by Crippen LogP contribution is -2.41. The van der Waals surface area contributed by atoms with Crippen LogP contribution in [0.1, 0.15) is 34.1 Å². The molecule has 16 heavy (non-hydrogen) atoms. The van der Waals surface area contributed by atoms with Crippen LogP contribution in [0, 0.1) is 5.92 Å². The number of hydrogen-bond donors (Lipinski definition) is 1. The zero-order chi connectivity index (χ0) is 11.8. The maximum atomic E-state index is 4.67. The third-order valence-electron chi connectivity index (χ3n) is 3.53. The van der Waals surface area contributed by atoms with E-state index >= 15 is 0 Å². The molecule has 1 atom stereocenters. The van der Waals surface area contributed by atoms with Crippen molar-refractivity contribution in [3.8, 4) is 0 Å². The first-order valence-electron chi connectivity index (χ1n) is 5.93. The first-order chi connectivity index (χ1) is 7.51. The van der Waals surface area contributed by atoms with E-state index in [0.29, 0.717) is 5.92 Å². The normalized spacial score (nSPS) is 24.4. The molecule has 1 aromatic carbocycles. The summed E-state index contributed by atoms with van der Waals surface area (Å²) in [5.41, 5.74) is 3.51. The number of nitrogens with zero attached hydrogens (tertiary/aromatic N) is 1. The number of hydrogen-bond acceptors (Lipinski definition) is 2. The van der Waals surface area contributed by atoms with Gasteiger partial charge < -0.3 is 5.32 Å². The molecule has 0 fully saturated rings. The average Bonchev–Trinajstić information content (AvgIpc) is 2.32. The molecule has 1 aliphatic rings. The van der Waals surface area contributed by atoms with Gasteiger partial charge in [0.2, 0.25) is 0 Å². The minimum atomic E-state index is 0.0974. The lowest BCUT2D eigenvalue weighted by atomic mass is 9.83. The Morgan fingerprint density at radius 1 is 1.31 bits per heavy atom. The SMILES string of the molecule is CC1=Nc2ccccc2NC(C)(C(C)C)C1. The van der Waals surface area contributed by atoms with Crippen LogP contribution in [0.4, 0.5) is 11.4 Å². The van der Waals surface area contributed by atoms with Crippen LogP contribution >= 0.6 is 0 Å². The van der Waals surface area contributed by atoms with Crippen molar-refractivity contribution in [3.63, 3.8) is 0 Å². The Hall–Kier alpha value is -1.31. The van der Waals surface area contributed by atoms with Crippen molar-refractivity contribution >= 4 is 17.1 Å². The standard InChI is InChI=1S/C14H20N2/c1-10(2)14(4)9-11(3)15-12-7-5-6-8-13(12)16-14/h5-8,10,16H,9H2,1-4H3. The van der Waals surface area contributed by atoms with Gasteiger partial charge in [0, 0.05) is 17.7 Å². The molecule has 0 spiro atoms. The van der Waals surface area contributed by atoms with Gasteiger partial charge in [-0.3, -0.25) is 4.99 Å². The zero-order valence-corrected chi connectivity index (χ0v) is 10.5. The van der Waals surface area contributed by atoms with Gasteiger partial charge in [0.1, 0.15) is 0 Å². The first-order valence-corrected chi connectivity index (χ1v) is 5.93. The molecule has 0 aliphatic carbocycles. The van der Waals surface area contributed by atoms with Crippen LogP contribution in [0.5, 0.6) is 0 Å². The molecule has 0 amide bonds. The summed E-state index contributed by atoms with van der Waals surface area (Å²) in [4.78, 5) is 4.67. The number of fused-ring (bicyclic) bond motifs is 1. The largest absolute Gasteiger partial charge is 0.378 e. The Balaban J connectivity index is 2.46. The van der Waals surface area contributed by atoms with Gasteiger partial charge in [-0.25, -0.2) is 0 Å². The third kappa shape index (κ3) is 1.97. The van der Waals surface area contributed by atoms with Crippen LogP contribution in [0.2, 0.25) is 0 Å².